The van der Waals surface area contributed by atoms with Gasteiger partial charge < -0.3 is 31.1 Å². The van der Waals surface area contributed by atoms with E-state index in [1.54, 1.807) is 37.2 Å². The number of hydrogen-bond acceptors (Lipinski definition) is 8. The first-order valence-electron chi connectivity index (χ1n) is 14.4. The molecule has 0 aliphatic heterocycles. The van der Waals surface area contributed by atoms with Crippen LogP contribution in [0.5, 0.6) is 0 Å². The first kappa shape index (κ1) is 35.6. The van der Waals surface area contributed by atoms with Gasteiger partial charge in [-0.05, 0) is 93.6 Å². The van der Waals surface area contributed by atoms with E-state index < -0.39 is 0 Å². The predicted octanol–water partition coefficient (Wildman–Crippen LogP) is 4.60. The van der Waals surface area contributed by atoms with E-state index >= 15 is 0 Å². The van der Waals surface area contributed by atoms with Crippen LogP contribution >= 0.6 is 0 Å². The van der Waals surface area contributed by atoms with E-state index in [1.807, 2.05) is 109 Å². The van der Waals surface area contributed by atoms with Crippen LogP contribution in [0.3, 0.4) is 0 Å². The summed E-state index contributed by atoms with van der Waals surface area (Å²) in [6, 6.07) is 35.3. The van der Waals surface area contributed by atoms with Crippen molar-refractivity contribution in [1.29, 1.82) is 0 Å². The number of nitrogens with zero attached hydrogens (tertiary/aromatic N) is 10. The Morgan fingerprint density at radius 3 is 1.06 bits per heavy atom. The molecule has 0 amide bonds. The fourth-order valence-corrected chi connectivity index (χ4v) is 4.64. The minimum absolute atomic E-state index is 0. The molecule has 0 spiro atoms. The quantitative estimate of drug-likeness (QED) is 0.176. The number of rotatable bonds is 6. The molecule has 13 heteroatoms. The minimum Gasteiger partial charge on any atom is -0.457 e. The van der Waals surface area contributed by atoms with Crippen molar-refractivity contribution in [1.82, 2.24) is 50.3 Å². The second kappa shape index (κ2) is 17.1. The zero-order valence-electron chi connectivity index (χ0n) is 25.8. The van der Waals surface area contributed by atoms with Gasteiger partial charge in [-0.25, -0.2) is 0 Å². The van der Waals surface area contributed by atoms with Crippen LogP contribution in [0.1, 0.15) is 0 Å². The van der Waals surface area contributed by atoms with Crippen LogP contribution in [-0.4, -0.2) is 40.1 Å². The van der Waals surface area contributed by atoms with Gasteiger partial charge in [0.15, 0.2) is 0 Å². The molecule has 49 heavy (non-hydrogen) atoms. The smallest absolute Gasteiger partial charge is 0.457 e. The second-order valence-electron chi connectivity index (χ2n) is 9.97. The Morgan fingerprint density at radius 1 is 0.367 bits per heavy atom. The van der Waals surface area contributed by atoms with E-state index in [-0.39, 0.29) is 28.0 Å². The first-order valence-corrected chi connectivity index (χ1v) is 14.4. The van der Waals surface area contributed by atoms with E-state index in [2.05, 4.69) is 50.3 Å². The Bertz CT molecular complexity index is 1970. The molecule has 242 valence electrons. The average molecular weight is 691 g/mol. The molecule has 0 aliphatic carbocycles. The Balaban J connectivity index is 0.000000208. The average Bonchev–Trinajstić information content (AvgIpc) is 3.85. The Kier molecular flexibility index (Phi) is 12.4. The SMILES string of the molecule is [Fe+2].[OH3+].[OH3+].c1ccc(-c2nc(-c3ccc(-c4ccncc4)cc3)n[n-]2)nc1.c1ccc(-c2nc(-c3ccc(-c4ccncc4)cc3)n[n-]2)nc1. The predicted molar refractivity (Wildman–Crippen MR) is 184 cm³/mol. The molecule has 0 saturated carbocycles. The second-order valence-corrected chi connectivity index (χ2v) is 9.97. The van der Waals surface area contributed by atoms with Gasteiger partial charge in [0.25, 0.3) is 0 Å². The minimum atomic E-state index is 0. The molecule has 6 N–H and O–H groups in total. The summed E-state index contributed by atoms with van der Waals surface area (Å²) >= 11 is 0. The van der Waals surface area contributed by atoms with E-state index in [1.165, 1.54) is 0 Å². The normalized spacial score (nSPS) is 9.96. The third kappa shape index (κ3) is 8.57. The van der Waals surface area contributed by atoms with Crippen molar-refractivity contribution in [2.24, 2.45) is 0 Å². The molecule has 8 rings (SSSR count). The molecule has 0 saturated heterocycles. The Labute approximate surface area is 292 Å². The van der Waals surface area contributed by atoms with Gasteiger partial charge in [-0.1, -0.05) is 60.7 Å². The summed E-state index contributed by atoms with van der Waals surface area (Å²) in [5, 5.41) is 16.5. The summed E-state index contributed by atoms with van der Waals surface area (Å²) in [6.07, 6.45) is 10.6. The molecule has 6 aromatic heterocycles. The van der Waals surface area contributed by atoms with Crippen LogP contribution in [0.2, 0.25) is 0 Å². The van der Waals surface area contributed by atoms with Gasteiger partial charge in [0.05, 0.1) is 23.0 Å². The summed E-state index contributed by atoms with van der Waals surface area (Å²) in [5.41, 5.74) is 7.81. The third-order valence-electron chi connectivity index (χ3n) is 7.00. The van der Waals surface area contributed by atoms with Crippen molar-refractivity contribution in [2.75, 3.05) is 0 Å². The van der Waals surface area contributed by atoms with Crippen LogP contribution in [0.25, 0.3) is 68.1 Å². The zero-order valence-corrected chi connectivity index (χ0v) is 26.9. The van der Waals surface area contributed by atoms with Gasteiger partial charge in [-0.15, -0.1) is 0 Å². The van der Waals surface area contributed by atoms with Gasteiger partial charge in [-0.3, -0.25) is 30.1 Å². The summed E-state index contributed by atoms with van der Waals surface area (Å²) in [4.78, 5) is 25.5. The van der Waals surface area contributed by atoms with E-state index in [9.17, 15) is 0 Å². The maximum atomic E-state index is 4.46. The van der Waals surface area contributed by atoms with Gasteiger partial charge in [0.1, 0.15) is 0 Å². The molecule has 0 bridgehead atoms. The molecule has 0 aliphatic rings. The summed E-state index contributed by atoms with van der Waals surface area (Å²) in [7, 11) is 0. The van der Waals surface area contributed by atoms with E-state index in [0.717, 1.165) is 44.8 Å². The van der Waals surface area contributed by atoms with Crippen molar-refractivity contribution < 1.29 is 28.0 Å². The Hall–Kier alpha value is -6.24. The first-order chi connectivity index (χ1) is 22.8. The number of pyridine rings is 4. The van der Waals surface area contributed by atoms with Crippen LogP contribution in [0.15, 0.2) is 146 Å². The zero-order chi connectivity index (χ0) is 31.0. The van der Waals surface area contributed by atoms with Crippen molar-refractivity contribution in [3.63, 3.8) is 0 Å². The van der Waals surface area contributed by atoms with Crippen molar-refractivity contribution in [3.05, 3.63) is 146 Å². The number of aromatic nitrogens is 10. The Morgan fingerprint density at radius 2 is 0.714 bits per heavy atom. The van der Waals surface area contributed by atoms with Gasteiger partial charge in [0, 0.05) is 37.2 Å². The number of hydrogen-bond donors (Lipinski definition) is 0. The molecule has 0 radical (unpaired) electrons. The molecule has 2 aromatic carbocycles. The molecule has 8 aromatic rings. The van der Waals surface area contributed by atoms with Gasteiger partial charge >= 0.3 is 17.1 Å². The third-order valence-corrected chi connectivity index (χ3v) is 7.00. The summed E-state index contributed by atoms with van der Waals surface area (Å²) < 4.78 is 0. The summed E-state index contributed by atoms with van der Waals surface area (Å²) in [6.45, 7) is 0. The fraction of sp³-hybridized carbons (Fsp3) is 0. The maximum absolute atomic E-state index is 4.46. The van der Waals surface area contributed by atoms with Crippen molar-refractivity contribution >= 4 is 0 Å². The largest absolute Gasteiger partial charge is 2.00 e. The van der Waals surface area contributed by atoms with Crippen LogP contribution < -0.4 is 10.2 Å². The van der Waals surface area contributed by atoms with Crippen molar-refractivity contribution in [2.45, 2.75) is 0 Å². The molecular formula is C36H30FeN10O2+2. The molecule has 0 fully saturated rings. The van der Waals surface area contributed by atoms with Crippen LogP contribution in [0, 0.1) is 0 Å². The van der Waals surface area contributed by atoms with Gasteiger partial charge in [-0.2, -0.15) is 0 Å². The fourth-order valence-electron chi connectivity index (χ4n) is 4.64. The summed E-state index contributed by atoms with van der Waals surface area (Å²) in [5.74, 6) is 2.29. The molecule has 0 atom stereocenters. The maximum Gasteiger partial charge on any atom is 2.00 e. The monoisotopic (exact) mass is 690 g/mol. The molecule has 12 nitrogen and oxygen atoms in total. The molecule has 0 unspecified atom stereocenters. The van der Waals surface area contributed by atoms with E-state index in [0.29, 0.717) is 23.3 Å². The van der Waals surface area contributed by atoms with E-state index in [4.69, 9.17) is 0 Å². The van der Waals surface area contributed by atoms with Gasteiger partial charge in [0.2, 0.25) is 0 Å². The standard InChI is InChI=1S/2C18H12N5.Fe.2H2O/c2*1-2-10-20-16(3-1)18-21-17(22-23-18)15-6-4-13(5-7-15)14-8-11-19-12-9-14;;;/h2*1-12H;;2*1H2/q2*-1;+2;;/p+2. The number of benzene rings is 2. The van der Waals surface area contributed by atoms with Crippen molar-refractivity contribution in [3.8, 4) is 68.1 Å². The topological polar surface area (TPSA) is 197 Å². The molecular weight excluding hydrogens is 660 g/mol. The van der Waals surface area contributed by atoms with Crippen LogP contribution in [-0.2, 0) is 28.0 Å². The molecule has 6 heterocycles. The van der Waals surface area contributed by atoms with Crippen LogP contribution in [0.4, 0.5) is 0 Å².